The molecule has 2 aliphatic rings. The molecule has 1 N–H and O–H groups in total. The van der Waals surface area contributed by atoms with E-state index in [1.807, 2.05) is 24.3 Å². The summed E-state index contributed by atoms with van der Waals surface area (Å²) in [4.78, 5) is 44.9. The van der Waals surface area contributed by atoms with Gasteiger partial charge in [-0.3, -0.25) is 4.79 Å². The maximum atomic E-state index is 13.6. The van der Waals surface area contributed by atoms with E-state index in [1.54, 1.807) is 43.0 Å². The zero-order chi connectivity index (χ0) is 21.0. The number of amides is 3. The topological polar surface area (TPSA) is 82.7 Å². The van der Waals surface area contributed by atoms with Gasteiger partial charge in [-0.1, -0.05) is 18.2 Å². The first kappa shape index (κ1) is 18.4. The van der Waals surface area contributed by atoms with Crippen LogP contribution in [0.4, 0.5) is 10.5 Å². The van der Waals surface area contributed by atoms with Crippen LogP contribution in [0, 0.1) is 0 Å². The molecule has 2 aromatic carbocycles. The molecule has 0 saturated carbocycles. The van der Waals surface area contributed by atoms with Crippen LogP contribution in [-0.2, 0) is 21.5 Å². The zero-order valence-electron chi connectivity index (χ0n) is 16.8. The predicted molar refractivity (Wildman–Crippen MR) is 111 cm³/mol. The number of imide groups is 1. The van der Waals surface area contributed by atoms with Gasteiger partial charge in [0, 0.05) is 17.4 Å². The van der Waals surface area contributed by atoms with E-state index >= 15 is 0 Å². The number of anilines is 1. The number of nitrogens with zero attached hydrogens (tertiary/aromatic N) is 2. The molecule has 1 fully saturated rings. The number of aromatic nitrogens is 1. The Bertz CT molecular complexity index is 1200. The lowest BCUT2D eigenvalue weighted by molar-refractivity contribution is -0.125. The molecule has 0 aliphatic carbocycles. The maximum Gasteiger partial charge on any atom is 0.338 e. The van der Waals surface area contributed by atoms with Crippen LogP contribution < -0.4 is 4.90 Å². The van der Waals surface area contributed by atoms with Gasteiger partial charge < -0.3 is 14.6 Å². The summed E-state index contributed by atoms with van der Waals surface area (Å²) in [5, 5.41) is 1.09. The number of urea groups is 1. The molecule has 0 unspecified atom stereocenters. The molecule has 1 saturated heterocycles. The highest BCUT2D eigenvalue weighted by atomic mass is 16.5. The standard InChI is InChI=1S/C23H21N3O4/c1-3-30-20(27)14-8-10-15(11-9-14)26-21(28)23(2)19-17(12-13-25(23)22(26)29)16-6-4-5-7-18(16)24-19/h4-11,24H,3,12-13H2,1-2H3/t23-/m0/s1. The lowest BCUT2D eigenvalue weighted by Gasteiger charge is -2.35. The average molecular weight is 403 g/mol. The van der Waals surface area contributed by atoms with Crippen molar-refractivity contribution in [2.45, 2.75) is 25.8 Å². The number of benzene rings is 2. The van der Waals surface area contributed by atoms with E-state index in [0.29, 0.717) is 24.2 Å². The van der Waals surface area contributed by atoms with Gasteiger partial charge in [-0.25, -0.2) is 14.5 Å². The highest BCUT2D eigenvalue weighted by molar-refractivity contribution is 6.23. The quantitative estimate of drug-likeness (QED) is 0.535. The van der Waals surface area contributed by atoms with Crippen molar-refractivity contribution in [1.82, 2.24) is 9.88 Å². The normalized spacial score (nSPS) is 20.5. The van der Waals surface area contributed by atoms with Crippen molar-refractivity contribution < 1.29 is 19.1 Å². The molecule has 0 spiro atoms. The van der Waals surface area contributed by atoms with Crippen LogP contribution in [-0.4, -0.2) is 40.9 Å². The molecule has 152 valence electrons. The van der Waals surface area contributed by atoms with E-state index < -0.39 is 11.5 Å². The highest BCUT2D eigenvalue weighted by Gasteiger charge is 2.58. The van der Waals surface area contributed by atoms with Gasteiger partial charge in [0.1, 0.15) is 0 Å². The van der Waals surface area contributed by atoms with Gasteiger partial charge in [0.15, 0.2) is 5.54 Å². The third kappa shape index (κ3) is 2.35. The van der Waals surface area contributed by atoms with Crippen LogP contribution in [0.5, 0.6) is 0 Å². The zero-order valence-corrected chi connectivity index (χ0v) is 16.8. The number of fused-ring (bicyclic) bond motifs is 5. The fourth-order valence-electron chi connectivity index (χ4n) is 4.58. The second-order valence-electron chi connectivity index (χ2n) is 7.69. The Morgan fingerprint density at radius 1 is 1.13 bits per heavy atom. The highest BCUT2D eigenvalue weighted by Crippen LogP contribution is 2.45. The van der Waals surface area contributed by atoms with E-state index in [2.05, 4.69) is 4.98 Å². The molecule has 7 heteroatoms. The van der Waals surface area contributed by atoms with Gasteiger partial charge in [0.05, 0.1) is 23.6 Å². The molecule has 30 heavy (non-hydrogen) atoms. The largest absolute Gasteiger partial charge is 0.462 e. The Balaban J connectivity index is 1.56. The van der Waals surface area contributed by atoms with Gasteiger partial charge in [0.2, 0.25) is 0 Å². The Morgan fingerprint density at radius 2 is 1.87 bits per heavy atom. The van der Waals surface area contributed by atoms with E-state index in [4.69, 9.17) is 4.74 Å². The molecule has 0 radical (unpaired) electrons. The number of hydrogen-bond donors (Lipinski definition) is 1. The SMILES string of the molecule is CCOC(=O)c1ccc(N2C(=O)N3CCc4c([nH]c5ccccc45)[C@@]3(C)C2=O)cc1. The second kappa shape index (κ2) is 6.45. The monoisotopic (exact) mass is 403 g/mol. The summed E-state index contributed by atoms with van der Waals surface area (Å²) in [5.74, 6) is -0.737. The van der Waals surface area contributed by atoms with Crippen molar-refractivity contribution in [1.29, 1.82) is 0 Å². The van der Waals surface area contributed by atoms with E-state index in [0.717, 1.165) is 22.2 Å². The van der Waals surface area contributed by atoms with Crippen molar-refractivity contribution in [2.24, 2.45) is 0 Å². The lowest BCUT2D eigenvalue weighted by atomic mass is 9.87. The number of ether oxygens (including phenoxy) is 1. The minimum absolute atomic E-state index is 0.282. The Hall–Kier alpha value is -3.61. The molecule has 1 aromatic heterocycles. The van der Waals surface area contributed by atoms with Crippen LogP contribution in [0.25, 0.3) is 10.9 Å². The van der Waals surface area contributed by atoms with Crippen LogP contribution >= 0.6 is 0 Å². The number of esters is 1. The summed E-state index contributed by atoms with van der Waals surface area (Å²) in [7, 11) is 0. The summed E-state index contributed by atoms with van der Waals surface area (Å²) < 4.78 is 5.00. The minimum Gasteiger partial charge on any atom is -0.462 e. The molecular formula is C23H21N3O4. The number of aromatic amines is 1. The van der Waals surface area contributed by atoms with Crippen molar-refractivity contribution in [3.8, 4) is 0 Å². The Labute approximate surface area is 173 Å². The van der Waals surface area contributed by atoms with Crippen molar-refractivity contribution in [2.75, 3.05) is 18.1 Å². The molecule has 2 aliphatic heterocycles. The molecule has 3 heterocycles. The summed E-state index contributed by atoms with van der Waals surface area (Å²) in [5.41, 5.74) is 2.55. The second-order valence-corrected chi connectivity index (χ2v) is 7.69. The number of nitrogens with one attached hydrogen (secondary N) is 1. The summed E-state index contributed by atoms with van der Waals surface area (Å²) in [6, 6.07) is 13.9. The number of hydrogen-bond acceptors (Lipinski definition) is 4. The molecule has 3 amide bonds. The van der Waals surface area contributed by atoms with Gasteiger partial charge in [0.25, 0.3) is 5.91 Å². The number of carbonyl (C=O) groups is 3. The molecule has 1 atom stereocenters. The van der Waals surface area contributed by atoms with Gasteiger partial charge >= 0.3 is 12.0 Å². The van der Waals surface area contributed by atoms with Crippen LogP contribution in [0.1, 0.15) is 35.5 Å². The van der Waals surface area contributed by atoms with E-state index in [-0.39, 0.29) is 18.5 Å². The van der Waals surface area contributed by atoms with Gasteiger partial charge in [-0.2, -0.15) is 0 Å². The van der Waals surface area contributed by atoms with Gasteiger partial charge in [-0.05, 0) is 56.2 Å². The summed E-state index contributed by atoms with van der Waals surface area (Å²) in [6.07, 6.45) is 0.684. The van der Waals surface area contributed by atoms with Crippen molar-refractivity contribution in [3.05, 3.63) is 65.4 Å². The molecule has 5 rings (SSSR count). The van der Waals surface area contributed by atoms with Crippen LogP contribution in [0.3, 0.4) is 0 Å². The molecule has 3 aromatic rings. The first-order valence-electron chi connectivity index (χ1n) is 10.00. The fourth-order valence-corrected chi connectivity index (χ4v) is 4.58. The molecule has 7 nitrogen and oxygen atoms in total. The Morgan fingerprint density at radius 3 is 2.60 bits per heavy atom. The van der Waals surface area contributed by atoms with Gasteiger partial charge in [-0.15, -0.1) is 0 Å². The third-order valence-corrected chi connectivity index (χ3v) is 6.10. The van der Waals surface area contributed by atoms with Crippen molar-refractivity contribution in [3.63, 3.8) is 0 Å². The third-order valence-electron chi connectivity index (χ3n) is 6.10. The number of carbonyl (C=O) groups excluding carboxylic acids is 3. The number of para-hydroxylation sites is 1. The summed E-state index contributed by atoms with van der Waals surface area (Å²) in [6.45, 7) is 4.29. The van der Waals surface area contributed by atoms with E-state index in [1.165, 1.54) is 4.90 Å². The maximum absolute atomic E-state index is 13.6. The minimum atomic E-state index is -1.09. The fraction of sp³-hybridized carbons (Fsp3) is 0.261. The summed E-state index contributed by atoms with van der Waals surface area (Å²) >= 11 is 0. The average Bonchev–Trinajstić information content (AvgIpc) is 3.23. The number of H-pyrrole nitrogens is 1. The lowest BCUT2D eigenvalue weighted by Crippen LogP contribution is -2.49. The van der Waals surface area contributed by atoms with Crippen molar-refractivity contribution >= 4 is 34.5 Å². The number of rotatable bonds is 3. The van der Waals surface area contributed by atoms with E-state index in [9.17, 15) is 14.4 Å². The smallest absolute Gasteiger partial charge is 0.338 e. The Kier molecular flexibility index (Phi) is 3.96. The van der Waals surface area contributed by atoms with Crippen LogP contribution in [0.15, 0.2) is 48.5 Å². The molecular weight excluding hydrogens is 382 g/mol. The predicted octanol–water partition coefficient (Wildman–Crippen LogP) is 3.58. The first-order valence-corrected chi connectivity index (χ1v) is 10.00. The first-order chi connectivity index (χ1) is 14.5. The van der Waals surface area contributed by atoms with Crippen LogP contribution in [0.2, 0.25) is 0 Å². The molecule has 0 bridgehead atoms.